The zero-order valence-electron chi connectivity index (χ0n) is 17.2. The van der Waals surface area contributed by atoms with Crippen LogP contribution in [0, 0.1) is 11.7 Å². The van der Waals surface area contributed by atoms with E-state index >= 15 is 0 Å². The lowest BCUT2D eigenvalue weighted by atomic mass is 10.0. The van der Waals surface area contributed by atoms with Crippen LogP contribution in [0.2, 0.25) is 0 Å². The largest absolute Gasteiger partial charge is 0.490 e. The number of urea groups is 1. The number of carbonyl (C=O) groups is 2. The highest BCUT2D eigenvalue weighted by atomic mass is 32.2. The number of nitrogens with one attached hydrogen (secondary N) is 1. The quantitative estimate of drug-likeness (QED) is 0.399. The van der Waals surface area contributed by atoms with Gasteiger partial charge in [-0.25, -0.2) is 17.6 Å². The lowest BCUT2D eigenvalue weighted by Crippen LogP contribution is -2.29. The van der Waals surface area contributed by atoms with Gasteiger partial charge in [0.2, 0.25) is 5.91 Å². The minimum atomic E-state index is -3.35. The summed E-state index contributed by atoms with van der Waals surface area (Å²) in [5.74, 6) is -0.677. The molecule has 3 amide bonds. The molecule has 1 N–H and O–H groups in total. The molecule has 30 heavy (non-hydrogen) atoms. The summed E-state index contributed by atoms with van der Waals surface area (Å²) in [5, 5.41) is 2.21. The average Bonchev–Trinajstić information content (AvgIpc) is 3.44. The lowest BCUT2D eigenvalue weighted by Gasteiger charge is -2.16. The molecule has 0 bridgehead atoms. The highest BCUT2D eigenvalue weighted by Crippen LogP contribution is 2.32. The Balaban J connectivity index is 1.43. The van der Waals surface area contributed by atoms with Crippen molar-refractivity contribution in [3.63, 3.8) is 0 Å². The molecule has 1 aliphatic carbocycles. The van der Waals surface area contributed by atoms with E-state index in [1.54, 1.807) is 25.1 Å². The molecule has 0 spiro atoms. The zero-order valence-corrected chi connectivity index (χ0v) is 18.0. The van der Waals surface area contributed by atoms with Gasteiger partial charge in [-0.15, -0.1) is 0 Å². The van der Waals surface area contributed by atoms with Crippen LogP contribution in [0.1, 0.15) is 50.5 Å². The van der Waals surface area contributed by atoms with E-state index in [1.807, 2.05) is 0 Å². The number of benzene rings is 1. The maximum Gasteiger partial charge on any atom is 0.324 e. The van der Waals surface area contributed by atoms with Gasteiger partial charge in [0, 0.05) is 6.54 Å². The van der Waals surface area contributed by atoms with Crippen molar-refractivity contribution >= 4 is 21.8 Å². The van der Waals surface area contributed by atoms with Crippen molar-refractivity contribution in [2.45, 2.75) is 44.9 Å². The maximum absolute atomic E-state index is 14.7. The number of amides is 3. The topological polar surface area (TPSA) is 92.8 Å². The standard InChI is InChI=1S/C21H29FN2O5S/c1-15(17-6-5-7-18(20(17)22)29-13-16-8-9-16)14-30(27,28)11-4-2-3-10-24-12-19(25)23-21(24)26/h5-7,15-16H,2-4,8-14H2,1H3,(H,23,25,26)/t15-/m1/s1. The predicted molar refractivity (Wildman–Crippen MR) is 111 cm³/mol. The first-order valence-corrected chi connectivity index (χ1v) is 12.3. The van der Waals surface area contributed by atoms with Crippen molar-refractivity contribution in [3.05, 3.63) is 29.6 Å². The van der Waals surface area contributed by atoms with E-state index in [1.165, 1.54) is 4.90 Å². The van der Waals surface area contributed by atoms with E-state index in [-0.39, 0.29) is 29.7 Å². The van der Waals surface area contributed by atoms with E-state index in [0.717, 1.165) is 12.8 Å². The van der Waals surface area contributed by atoms with E-state index < -0.39 is 27.6 Å². The van der Waals surface area contributed by atoms with Crippen LogP contribution in [0.15, 0.2) is 18.2 Å². The van der Waals surface area contributed by atoms with Crippen molar-refractivity contribution in [1.29, 1.82) is 0 Å². The fourth-order valence-electron chi connectivity index (χ4n) is 3.53. The van der Waals surface area contributed by atoms with Crippen molar-refractivity contribution < 1.29 is 27.1 Å². The van der Waals surface area contributed by atoms with Crippen LogP contribution in [-0.2, 0) is 14.6 Å². The van der Waals surface area contributed by atoms with E-state index in [9.17, 15) is 22.4 Å². The fraction of sp³-hybridized carbons (Fsp3) is 0.619. The number of carbonyl (C=O) groups excluding carboxylic acids is 2. The Morgan fingerprint density at radius 2 is 2.00 bits per heavy atom. The number of sulfone groups is 1. The first kappa shape index (κ1) is 22.5. The number of imide groups is 1. The van der Waals surface area contributed by atoms with E-state index in [0.29, 0.717) is 43.9 Å². The molecule has 0 unspecified atom stereocenters. The zero-order chi connectivity index (χ0) is 21.7. The van der Waals surface area contributed by atoms with Gasteiger partial charge in [-0.3, -0.25) is 10.1 Å². The first-order chi connectivity index (χ1) is 14.2. The smallest absolute Gasteiger partial charge is 0.324 e. The molecule has 7 nitrogen and oxygen atoms in total. The molecule has 0 radical (unpaired) electrons. The third kappa shape index (κ3) is 6.42. The maximum atomic E-state index is 14.7. The monoisotopic (exact) mass is 440 g/mol. The number of ether oxygens (including phenoxy) is 1. The lowest BCUT2D eigenvalue weighted by molar-refractivity contribution is -0.118. The molecule has 9 heteroatoms. The normalized spacial score (nSPS) is 17.9. The number of unbranched alkanes of at least 4 members (excludes halogenated alkanes) is 2. The minimum absolute atomic E-state index is 0.0158. The molecule has 1 saturated heterocycles. The highest BCUT2D eigenvalue weighted by Gasteiger charge is 2.26. The Kier molecular flexibility index (Phi) is 7.33. The van der Waals surface area contributed by atoms with E-state index in [2.05, 4.69) is 5.32 Å². The SMILES string of the molecule is C[C@H](CS(=O)(=O)CCCCCN1CC(=O)NC1=O)c1cccc(OCC2CC2)c1F. The molecule has 1 heterocycles. The molecule has 1 aromatic carbocycles. The Hall–Kier alpha value is -2.16. The number of halogens is 1. The molecule has 1 aromatic rings. The van der Waals surface area contributed by atoms with Crippen LogP contribution < -0.4 is 10.1 Å². The van der Waals surface area contributed by atoms with Crippen LogP contribution in [0.25, 0.3) is 0 Å². The number of rotatable bonds is 12. The van der Waals surface area contributed by atoms with Crippen LogP contribution in [0.3, 0.4) is 0 Å². The van der Waals surface area contributed by atoms with Gasteiger partial charge in [0.15, 0.2) is 21.4 Å². The Labute approximate surface area is 176 Å². The molecule has 1 saturated carbocycles. The number of hydrogen-bond donors (Lipinski definition) is 1. The van der Waals surface area contributed by atoms with Crippen LogP contribution in [-0.4, -0.2) is 56.5 Å². The summed E-state index contributed by atoms with van der Waals surface area (Å²) in [5.41, 5.74) is 0.358. The van der Waals surface area contributed by atoms with Crippen molar-refractivity contribution in [2.24, 2.45) is 5.92 Å². The van der Waals surface area contributed by atoms with Gasteiger partial charge in [-0.05, 0) is 49.1 Å². The summed E-state index contributed by atoms with van der Waals surface area (Å²) in [4.78, 5) is 24.0. The van der Waals surface area contributed by atoms with Gasteiger partial charge in [0.05, 0.1) is 18.1 Å². The third-order valence-corrected chi connectivity index (χ3v) is 7.37. The van der Waals surface area contributed by atoms with Gasteiger partial charge < -0.3 is 9.64 Å². The second-order valence-corrected chi connectivity index (χ2v) is 10.5. The van der Waals surface area contributed by atoms with Crippen molar-refractivity contribution in [3.8, 4) is 5.75 Å². The second kappa shape index (κ2) is 9.76. The number of nitrogens with zero attached hydrogens (tertiary/aromatic N) is 1. The Bertz CT molecular complexity index is 885. The summed E-state index contributed by atoms with van der Waals surface area (Å²) in [6, 6.07) is 4.49. The summed E-state index contributed by atoms with van der Waals surface area (Å²) < 4.78 is 45.3. The van der Waals surface area contributed by atoms with Crippen LogP contribution in [0.5, 0.6) is 5.75 Å². The molecule has 1 aliphatic heterocycles. The molecule has 2 aliphatic rings. The summed E-state index contributed by atoms with van der Waals surface area (Å²) in [6.45, 7) is 2.69. The van der Waals surface area contributed by atoms with Gasteiger partial charge in [-0.2, -0.15) is 0 Å². The van der Waals surface area contributed by atoms with Gasteiger partial charge in [-0.1, -0.05) is 25.5 Å². The number of hydrogen-bond acceptors (Lipinski definition) is 5. The van der Waals surface area contributed by atoms with Crippen LogP contribution in [0.4, 0.5) is 9.18 Å². The summed E-state index contributed by atoms with van der Waals surface area (Å²) >= 11 is 0. The third-order valence-electron chi connectivity index (χ3n) is 5.45. The Morgan fingerprint density at radius 1 is 1.23 bits per heavy atom. The van der Waals surface area contributed by atoms with Gasteiger partial charge in [0.1, 0.15) is 6.54 Å². The molecular formula is C21H29FN2O5S. The highest BCUT2D eigenvalue weighted by molar-refractivity contribution is 7.91. The summed E-state index contributed by atoms with van der Waals surface area (Å²) in [6.07, 6.45) is 3.94. The van der Waals surface area contributed by atoms with Crippen LogP contribution >= 0.6 is 0 Å². The Morgan fingerprint density at radius 3 is 2.67 bits per heavy atom. The first-order valence-electron chi connectivity index (χ1n) is 10.5. The van der Waals surface area contributed by atoms with Gasteiger partial charge in [0.25, 0.3) is 0 Å². The molecule has 0 aromatic heterocycles. The van der Waals surface area contributed by atoms with Crippen molar-refractivity contribution in [1.82, 2.24) is 10.2 Å². The second-order valence-electron chi connectivity index (χ2n) is 8.26. The van der Waals surface area contributed by atoms with E-state index in [4.69, 9.17) is 4.74 Å². The summed E-state index contributed by atoms with van der Waals surface area (Å²) in [7, 11) is -3.35. The fourth-order valence-corrected chi connectivity index (χ4v) is 5.28. The molecular weight excluding hydrogens is 411 g/mol. The van der Waals surface area contributed by atoms with Gasteiger partial charge >= 0.3 is 6.03 Å². The molecule has 3 rings (SSSR count). The molecule has 2 fully saturated rings. The van der Waals surface area contributed by atoms with Crippen molar-refractivity contribution in [2.75, 3.05) is 31.2 Å². The predicted octanol–water partition coefficient (Wildman–Crippen LogP) is 2.85. The average molecular weight is 441 g/mol. The molecule has 1 atom stereocenters. The minimum Gasteiger partial charge on any atom is -0.490 e. The molecule has 166 valence electrons.